The first kappa shape index (κ1) is 108. The largest absolute Gasteiger partial charge is 0.477 e. The number of rotatable bonds is 35. The molecule has 58 nitrogen and oxygen atoms in total. The first-order chi connectivity index (χ1) is 61.7. The monoisotopic (exact) mass is 1920 g/mol. The average molecular weight is 1920 g/mol. The molecule has 10 heterocycles. The smallest absolute Gasteiger partial charge is 0.364 e. The van der Waals surface area contributed by atoms with Crippen molar-refractivity contribution in [1.82, 2.24) is 26.6 Å². The Balaban J connectivity index is 0.960. The van der Waals surface area contributed by atoms with Gasteiger partial charge in [-0.25, -0.2) is 4.79 Å². The Bertz CT molecular complexity index is 3670. The molecule has 0 aromatic carbocycles. The number of aliphatic hydroxyl groups excluding tert-OH is 27. The Morgan fingerprint density at radius 2 is 0.679 bits per heavy atom. The fourth-order valence-corrected chi connectivity index (χ4v) is 16.8. The molecule has 0 bridgehead atoms. The number of carbonyl (C=O) groups excluding carboxylic acids is 5. The Labute approximate surface area is 741 Å². The van der Waals surface area contributed by atoms with Gasteiger partial charge in [0.1, 0.15) is 232 Å². The number of carboxylic acids is 1. The van der Waals surface area contributed by atoms with Gasteiger partial charge in [0, 0.05) is 41.0 Å². The van der Waals surface area contributed by atoms with Gasteiger partial charge in [-0.2, -0.15) is 0 Å². The molecule has 33 N–H and O–H groups in total. The highest BCUT2D eigenvalue weighted by molar-refractivity contribution is 5.77. The standard InChI is InChI=1S/C73H121N5O53/c1-17-38(92)49(103)53(107)67(116-17)113-15-32-58(46(100)34(63(110)117-32)75-19(3)86)125-65-36(77-21(5)88)47(101)57(29(13-84)121-65)127-69-55(109)60(44(98)30(123-69)14-114-70-61(51(105)41(95)26(10-81)119-70)129-64-35(76-20(4)87)45(99)40(94)25(9-80)118-64)128-71-62(52(106)42(96)27(11-82)120-71)130-66-37(78-22(6)89)48(102)56(28(12-83)122-66)126-68-54(108)50(104)43(97)31(124-68)16-115-73(72(111)112)7-23(90)33(74-18(2)85)59(131-73)39(93)24(91)8-79/h17,23-71,79-84,90-110H,7-16H2,1-6H3,(H,74,85)(H,75,86)(H,76,87)(H,77,88)(H,78,89)(H,111,112)/t17-,23+,24-,25-,26-,27-,28-,29-,30-,31-,32-,33-,34-,35-,36-,37+,38+,39-,40-,41-,42-,43+,44-,45-,46-,47-,48-,49+,50+,51+,52+,53-,54-,55+,56-,57-,58-,59-,60+,61+,62+,63-,64+,65+,66+,67+,68+,69+,70+,71-,73-/m1/s1. The molecule has 0 aromatic rings. The molecule has 0 aliphatic carbocycles. The van der Waals surface area contributed by atoms with E-state index in [0.717, 1.165) is 34.6 Å². The third kappa shape index (κ3) is 24.3. The first-order valence-corrected chi connectivity index (χ1v) is 41.6. The average Bonchev–Trinajstić information content (AvgIpc) is 0.757. The molecule has 0 saturated carbocycles. The number of carbonyl (C=O) groups is 6. The van der Waals surface area contributed by atoms with Crippen LogP contribution >= 0.6 is 0 Å². The number of ether oxygens (including phenoxy) is 19. The molecule has 0 aromatic heterocycles. The van der Waals surface area contributed by atoms with E-state index in [0.29, 0.717) is 0 Å². The van der Waals surface area contributed by atoms with E-state index in [1.165, 1.54) is 6.92 Å². The summed E-state index contributed by atoms with van der Waals surface area (Å²) in [6.07, 6.45) is -97.5. The molecule has 58 heteroatoms. The molecule has 0 radical (unpaired) electrons. The van der Waals surface area contributed by atoms with Crippen LogP contribution in [0.15, 0.2) is 0 Å². The van der Waals surface area contributed by atoms with Gasteiger partial charge < -0.3 is 260 Å². The molecule has 10 aliphatic rings. The fourth-order valence-electron chi connectivity index (χ4n) is 16.8. The lowest BCUT2D eigenvalue weighted by Crippen LogP contribution is -2.71. The second kappa shape index (κ2) is 46.6. The van der Waals surface area contributed by atoms with Crippen LogP contribution in [0.1, 0.15) is 48.0 Å². The van der Waals surface area contributed by atoms with Gasteiger partial charge in [-0.05, 0) is 6.92 Å². The lowest BCUT2D eigenvalue weighted by molar-refractivity contribution is -0.399. The number of aliphatic carboxylic acids is 1. The van der Waals surface area contributed by atoms with Crippen LogP contribution in [0, 0.1) is 0 Å². The molecular formula is C73H121N5O53. The Morgan fingerprint density at radius 1 is 0.328 bits per heavy atom. The number of carboxylic acid groups (broad SMARTS) is 1. The maximum Gasteiger partial charge on any atom is 0.364 e. The van der Waals surface area contributed by atoms with E-state index in [1.54, 1.807) is 0 Å². The number of hydrogen-bond acceptors (Lipinski definition) is 52. The van der Waals surface area contributed by atoms with E-state index in [-0.39, 0.29) is 0 Å². The topological polar surface area (TPSA) is 904 Å². The molecule has 0 spiro atoms. The van der Waals surface area contributed by atoms with Crippen LogP contribution in [-0.4, -0.2) is 550 Å². The highest BCUT2D eigenvalue weighted by Gasteiger charge is 2.63. The fraction of sp³-hybridized carbons (Fsp3) is 0.918. The van der Waals surface area contributed by atoms with Gasteiger partial charge in [0.2, 0.25) is 29.5 Å². The van der Waals surface area contributed by atoms with Crippen LogP contribution in [0.25, 0.3) is 0 Å². The normalized spacial score (nSPS) is 47.5. The minimum Gasteiger partial charge on any atom is -0.477 e. The van der Waals surface area contributed by atoms with E-state index < -0.39 is 414 Å². The third-order valence-electron chi connectivity index (χ3n) is 23.8. The van der Waals surface area contributed by atoms with E-state index in [1.807, 2.05) is 0 Å². The summed E-state index contributed by atoms with van der Waals surface area (Å²) in [5.41, 5.74) is 0. The van der Waals surface area contributed by atoms with Crippen LogP contribution in [0.3, 0.4) is 0 Å². The first-order valence-electron chi connectivity index (χ1n) is 41.6. The van der Waals surface area contributed by atoms with Crippen molar-refractivity contribution in [2.75, 3.05) is 59.5 Å². The van der Waals surface area contributed by atoms with Crippen molar-refractivity contribution in [1.29, 1.82) is 0 Å². The van der Waals surface area contributed by atoms with Crippen molar-refractivity contribution in [3.8, 4) is 0 Å². The molecule has 51 atom stereocenters. The summed E-state index contributed by atoms with van der Waals surface area (Å²) in [5, 5.41) is 326. The highest BCUT2D eigenvalue weighted by atomic mass is 16.8. The quantitative estimate of drug-likeness (QED) is 0.0280. The van der Waals surface area contributed by atoms with Crippen molar-refractivity contribution in [2.24, 2.45) is 0 Å². The zero-order valence-electron chi connectivity index (χ0n) is 70.7. The second-order valence-electron chi connectivity index (χ2n) is 33.2. The van der Waals surface area contributed by atoms with Gasteiger partial charge >= 0.3 is 5.97 Å². The highest BCUT2D eigenvalue weighted by Crippen LogP contribution is 2.42. The predicted octanol–water partition coefficient (Wildman–Crippen LogP) is -21.9. The number of hydrogen-bond donors (Lipinski definition) is 33. The summed E-state index contributed by atoms with van der Waals surface area (Å²) in [6.45, 7) is -4.47. The third-order valence-corrected chi connectivity index (χ3v) is 23.8. The van der Waals surface area contributed by atoms with E-state index in [9.17, 15) is 172 Å². The van der Waals surface area contributed by atoms with Crippen LogP contribution in [0.2, 0.25) is 0 Å². The Hall–Kier alpha value is -5.02. The molecular weight excluding hydrogens is 1790 g/mol. The van der Waals surface area contributed by atoms with Gasteiger partial charge in [-0.1, -0.05) is 0 Å². The SMILES string of the molecule is CC(=O)N[C@@H]1[C@H](O[C@@H]2[C@@H](O[C@@H]3[C@H](O)[C@H](O[C@H]4[C@H](O)[C@@H](NC(C)=O)[C@H](O[C@H]5[C@H](O)[C@@H](NC(C)=O)[C@H](O)O[C@@H]5CO[C@H]5O[C@H](C)[C@H](O)[C@H](O)[C@H]5O)O[C@@H]4CO)O[C@H](CO[C@H]4O[C@H](CO)[C@@H](O)[C@H](O)[C@@H]4O[C@@H]4O[C@H](CO)[C@@H](O)[C@H](O)[C@H]4NC(C)=O)[C@H]3O)O[C@H](CO)[C@@H](O)[C@@H]2O)O[C@H](CO)[C@@H](O[C@@H]2O[C@H](CO[C@]3(C(=O)O)C[C@H](O)[C@@H](NC(C)=O)[C@H]([C@H](O)[C@H](O)CO)O3)[C@H](O)[C@H](O)[C@H]2O)[C@@H]1O. The van der Waals surface area contributed by atoms with Crippen LogP contribution < -0.4 is 26.6 Å². The minimum atomic E-state index is -3.11. The minimum absolute atomic E-state index is 0.851. The van der Waals surface area contributed by atoms with Crippen molar-refractivity contribution in [2.45, 2.75) is 360 Å². The van der Waals surface area contributed by atoms with Crippen molar-refractivity contribution in [3.05, 3.63) is 0 Å². The maximum absolute atomic E-state index is 13.3. The molecule has 10 rings (SSSR count). The van der Waals surface area contributed by atoms with Gasteiger partial charge in [-0.15, -0.1) is 0 Å². The van der Waals surface area contributed by atoms with Crippen molar-refractivity contribution in [3.63, 3.8) is 0 Å². The number of aliphatic hydroxyl groups is 27. The van der Waals surface area contributed by atoms with Crippen molar-refractivity contribution < 1.29 is 262 Å². The van der Waals surface area contributed by atoms with Gasteiger partial charge in [0.25, 0.3) is 5.79 Å². The molecule has 10 saturated heterocycles. The van der Waals surface area contributed by atoms with Gasteiger partial charge in [-0.3, -0.25) is 24.0 Å². The summed E-state index contributed by atoms with van der Waals surface area (Å²) < 4.78 is 113. The van der Waals surface area contributed by atoms with E-state index in [2.05, 4.69) is 26.6 Å². The van der Waals surface area contributed by atoms with Gasteiger partial charge in [0.05, 0.1) is 77.7 Å². The van der Waals surface area contributed by atoms with Gasteiger partial charge in [0.15, 0.2) is 56.6 Å². The van der Waals surface area contributed by atoms with Crippen LogP contribution in [-0.2, 0) is 119 Å². The summed E-state index contributed by atoms with van der Waals surface area (Å²) >= 11 is 0. The summed E-state index contributed by atoms with van der Waals surface area (Å²) in [7, 11) is 0. The zero-order valence-corrected chi connectivity index (χ0v) is 70.7. The lowest BCUT2D eigenvalue weighted by atomic mass is 9.88. The molecule has 5 amide bonds. The molecule has 10 aliphatic heterocycles. The Kier molecular flexibility index (Phi) is 38.4. The molecule has 0 unspecified atom stereocenters. The summed E-state index contributed by atoms with van der Waals surface area (Å²) in [6, 6.07) is -9.40. The number of amides is 5. The zero-order chi connectivity index (χ0) is 96.9. The number of nitrogens with one attached hydrogen (secondary N) is 5. The molecule has 131 heavy (non-hydrogen) atoms. The van der Waals surface area contributed by atoms with E-state index >= 15 is 0 Å². The summed E-state index contributed by atoms with van der Waals surface area (Å²) in [5.74, 6) is -9.81. The second-order valence-corrected chi connectivity index (χ2v) is 33.2. The summed E-state index contributed by atoms with van der Waals surface area (Å²) in [4.78, 5) is 76.7. The van der Waals surface area contributed by atoms with Crippen molar-refractivity contribution >= 4 is 35.5 Å². The Morgan fingerprint density at radius 3 is 1.16 bits per heavy atom. The lowest BCUT2D eigenvalue weighted by Gasteiger charge is -2.51. The van der Waals surface area contributed by atoms with Crippen LogP contribution in [0.5, 0.6) is 0 Å². The molecule has 756 valence electrons. The predicted molar refractivity (Wildman–Crippen MR) is 403 cm³/mol. The molecule has 10 fully saturated rings. The van der Waals surface area contributed by atoms with Crippen LogP contribution in [0.4, 0.5) is 0 Å². The maximum atomic E-state index is 13.3. The van der Waals surface area contributed by atoms with E-state index in [4.69, 9.17) is 90.0 Å².